The molecule has 0 unspecified atom stereocenters. The van der Waals surface area contributed by atoms with Crippen LogP contribution in [0.1, 0.15) is 20.8 Å². The minimum atomic E-state index is -0.783. The predicted molar refractivity (Wildman–Crippen MR) is 90.9 cm³/mol. The number of carbonyl (C=O) groups excluding carboxylic acids is 2. The SMILES string of the molecule is CCOC(=O)NNC(=O)Nc1ccc(N2C[C@@H](C)O[C@H](C)C2)c(F)c1. The van der Waals surface area contributed by atoms with Crippen molar-refractivity contribution in [3.8, 4) is 0 Å². The topological polar surface area (TPSA) is 91.9 Å². The summed E-state index contributed by atoms with van der Waals surface area (Å²) in [5, 5.41) is 2.42. The van der Waals surface area contributed by atoms with Crippen LogP contribution in [0.15, 0.2) is 18.2 Å². The quantitative estimate of drug-likeness (QED) is 0.724. The summed E-state index contributed by atoms with van der Waals surface area (Å²) in [6.45, 7) is 6.89. The van der Waals surface area contributed by atoms with Crippen molar-refractivity contribution in [2.24, 2.45) is 0 Å². The predicted octanol–water partition coefficient (Wildman–Crippen LogP) is 2.22. The Labute approximate surface area is 145 Å². The summed E-state index contributed by atoms with van der Waals surface area (Å²) >= 11 is 0. The Morgan fingerprint density at radius 1 is 1.28 bits per heavy atom. The van der Waals surface area contributed by atoms with Gasteiger partial charge in [-0.25, -0.2) is 24.8 Å². The molecule has 1 aromatic carbocycles. The van der Waals surface area contributed by atoms with Gasteiger partial charge in [-0.3, -0.25) is 0 Å². The number of urea groups is 1. The van der Waals surface area contributed by atoms with Gasteiger partial charge in [-0.15, -0.1) is 0 Å². The third-order valence-electron chi connectivity index (χ3n) is 3.52. The van der Waals surface area contributed by atoms with Crippen LogP contribution in [0.3, 0.4) is 0 Å². The lowest BCUT2D eigenvalue weighted by molar-refractivity contribution is -0.00539. The van der Waals surface area contributed by atoms with Crippen LogP contribution in [0, 0.1) is 5.82 Å². The summed E-state index contributed by atoms with van der Waals surface area (Å²) in [5.74, 6) is -0.447. The van der Waals surface area contributed by atoms with Crippen molar-refractivity contribution in [1.29, 1.82) is 0 Å². The van der Waals surface area contributed by atoms with E-state index in [1.807, 2.05) is 18.7 Å². The van der Waals surface area contributed by atoms with Crippen LogP contribution in [0.4, 0.5) is 25.4 Å². The van der Waals surface area contributed by atoms with E-state index in [-0.39, 0.29) is 24.5 Å². The van der Waals surface area contributed by atoms with Crippen molar-refractivity contribution in [3.63, 3.8) is 0 Å². The number of nitrogens with one attached hydrogen (secondary N) is 3. The molecule has 1 aliphatic rings. The number of ether oxygens (including phenoxy) is 2. The lowest BCUT2D eigenvalue weighted by Gasteiger charge is -2.37. The second kappa shape index (κ2) is 8.52. The smallest absolute Gasteiger partial charge is 0.426 e. The van der Waals surface area contributed by atoms with Crippen LogP contribution < -0.4 is 21.1 Å². The van der Waals surface area contributed by atoms with Gasteiger partial charge in [-0.2, -0.15) is 0 Å². The largest absolute Gasteiger partial charge is 0.449 e. The monoisotopic (exact) mass is 354 g/mol. The number of rotatable bonds is 3. The maximum atomic E-state index is 14.4. The molecule has 138 valence electrons. The number of hydrazine groups is 1. The van der Waals surface area contributed by atoms with Crippen LogP contribution in [0.5, 0.6) is 0 Å². The molecule has 0 aliphatic carbocycles. The zero-order valence-electron chi connectivity index (χ0n) is 14.5. The second-order valence-electron chi connectivity index (χ2n) is 5.75. The van der Waals surface area contributed by atoms with E-state index < -0.39 is 17.9 Å². The van der Waals surface area contributed by atoms with E-state index in [1.165, 1.54) is 6.07 Å². The van der Waals surface area contributed by atoms with Gasteiger partial charge in [0.2, 0.25) is 0 Å². The van der Waals surface area contributed by atoms with Crippen molar-refractivity contribution < 1.29 is 23.5 Å². The molecule has 0 aromatic heterocycles. The summed E-state index contributed by atoms with van der Waals surface area (Å²) in [4.78, 5) is 24.7. The first-order valence-electron chi connectivity index (χ1n) is 8.08. The molecule has 25 heavy (non-hydrogen) atoms. The average Bonchev–Trinajstić information content (AvgIpc) is 2.52. The van der Waals surface area contributed by atoms with E-state index in [0.29, 0.717) is 18.8 Å². The van der Waals surface area contributed by atoms with Gasteiger partial charge in [0.15, 0.2) is 0 Å². The number of nitrogens with zero attached hydrogens (tertiary/aromatic N) is 1. The van der Waals surface area contributed by atoms with Crippen LogP contribution in [0.2, 0.25) is 0 Å². The van der Waals surface area contributed by atoms with Gasteiger partial charge in [0.25, 0.3) is 0 Å². The molecule has 3 N–H and O–H groups in total. The van der Waals surface area contributed by atoms with Crippen molar-refractivity contribution >= 4 is 23.5 Å². The fourth-order valence-corrected chi connectivity index (χ4v) is 2.65. The molecule has 1 aromatic rings. The summed E-state index contributed by atoms with van der Waals surface area (Å²) in [5.41, 5.74) is 4.87. The normalized spacial score (nSPS) is 19.9. The molecule has 0 bridgehead atoms. The van der Waals surface area contributed by atoms with Gasteiger partial charge in [0, 0.05) is 18.8 Å². The number of hydrogen-bond donors (Lipinski definition) is 3. The number of amides is 3. The standard InChI is InChI=1S/C16H23FN4O4/c1-4-24-16(23)20-19-15(22)18-12-5-6-14(13(17)7-12)21-8-10(2)25-11(3)9-21/h5-7,10-11H,4,8-9H2,1-3H3,(H,20,23)(H2,18,19,22)/t10-,11-/m1/s1. The fourth-order valence-electron chi connectivity index (χ4n) is 2.65. The molecular weight excluding hydrogens is 331 g/mol. The molecule has 0 saturated carbocycles. The number of benzene rings is 1. The highest BCUT2D eigenvalue weighted by Gasteiger charge is 2.24. The van der Waals surface area contributed by atoms with Gasteiger partial charge in [0.1, 0.15) is 5.82 Å². The second-order valence-corrected chi connectivity index (χ2v) is 5.75. The highest BCUT2D eigenvalue weighted by Crippen LogP contribution is 2.26. The number of morpholine rings is 1. The lowest BCUT2D eigenvalue weighted by Crippen LogP contribution is -2.46. The van der Waals surface area contributed by atoms with Gasteiger partial charge < -0.3 is 19.7 Å². The zero-order chi connectivity index (χ0) is 18.4. The van der Waals surface area contributed by atoms with Gasteiger partial charge >= 0.3 is 12.1 Å². The van der Waals surface area contributed by atoms with Crippen molar-refractivity contribution in [2.45, 2.75) is 33.0 Å². The average molecular weight is 354 g/mol. The van der Waals surface area contributed by atoms with E-state index in [1.54, 1.807) is 19.1 Å². The minimum Gasteiger partial charge on any atom is -0.449 e. The number of hydrogen-bond acceptors (Lipinski definition) is 5. The van der Waals surface area contributed by atoms with Gasteiger partial charge in [-0.05, 0) is 39.0 Å². The Hall–Kier alpha value is -2.55. The Bertz CT molecular complexity index is 618. The summed E-state index contributed by atoms with van der Waals surface area (Å²) in [7, 11) is 0. The van der Waals surface area contributed by atoms with Gasteiger partial charge in [0.05, 0.1) is 24.5 Å². The highest BCUT2D eigenvalue weighted by atomic mass is 19.1. The maximum absolute atomic E-state index is 14.4. The van der Waals surface area contributed by atoms with Crippen LogP contribution in [-0.2, 0) is 9.47 Å². The van der Waals surface area contributed by atoms with E-state index in [4.69, 9.17) is 4.74 Å². The Balaban J connectivity index is 1.95. The molecule has 0 spiro atoms. The molecule has 2 rings (SSSR count). The molecule has 1 fully saturated rings. The molecule has 3 amide bonds. The van der Waals surface area contributed by atoms with Crippen LogP contribution in [0.25, 0.3) is 0 Å². The first-order valence-corrected chi connectivity index (χ1v) is 8.08. The number of anilines is 2. The molecule has 1 aliphatic heterocycles. The van der Waals surface area contributed by atoms with Crippen molar-refractivity contribution in [2.75, 3.05) is 29.9 Å². The maximum Gasteiger partial charge on any atom is 0.426 e. The number of carbonyl (C=O) groups is 2. The van der Waals surface area contributed by atoms with E-state index in [9.17, 15) is 14.0 Å². The van der Waals surface area contributed by atoms with E-state index in [2.05, 4.69) is 20.9 Å². The highest BCUT2D eigenvalue weighted by molar-refractivity contribution is 5.90. The molecule has 2 atom stereocenters. The van der Waals surface area contributed by atoms with E-state index in [0.717, 1.165) is 0 Å². The minimum absolute atomic E-state index is 0.0145. The van der Waals surface area contributed by atoms with Crippen molar-refractivity contribution in [3.05, 3.63) is 24.0 Å². The Morgan fingerprint density at radius 2 is 1.96 bits per heavy atom. The third kappa shape index (κ3) is 5.49. The fraction of sp³-hybridized carbons (Fsp3) is 0.500. The lowest BCUT2D eigenvalue weighted by atomic mass is 10.2. The molecule has 1 heterocycles. The third-order valence-corrected chi connectivity index (χ3v) is 3.52. The Kier molecular flexibility index (Phi) is 6.40. The molecular formula is C16H23FN4O4. The number of halogens is 1. The molecule has 8 nitrogen and oxygen atoms in total. The van der Waals surface area contributed by atoms with Crippen LogP contribution >= 0.6 is 0 Å². The van der Waals surface area contributed by atoms with Gasteiger partial charge in [-0.1, -0.05) is 0 Å². The molecule has 9 heteroatoms. The molecule has 0 radical (unpaired) electrons. The zero-order valence-corrected chi connectivity index (χ0v) is 14.5. The first kappa shape index (κ1) is 18.8. The Morgan fingerprint density at radius 3 is 2.56 bits per heavy atom. The van der Waals surface area contributed by atoms with Crippen molar-refractivity contribution in [1.82, 2.24) is 10.9 Å². The van der Waals surface area contributed by atoms with Crippen LogP contribution in [-0.4, -0.2) is 44.0 Å². The summed E-state index contributed by atoms with van der Waals surface area (Å²) < 4.78 is 24.6. The molecule has 1 saturated heterocycles. The summed E-state index contributed by atoms with van der Waals surface area (Å²) in [6, 6.07) is 3.71. The summed E-state index contributed by atoms with van der Waals surface area (Å²) in [6.07, 6.45) is -0.754. The first-order chi connectivity index (χ1) is 11.9. The van der Waals surface area contributed by atoms with E-state index >= 15 is 0 Å².